The number of carboxylic acid groups (broad SMARTS) is 1. The number of nitrogens with one attached hydrogen (secondary N) is 2. The van der Waals surface area contributed by atoms with Crippen molar-refractivity contribution < 1.29 is 24.2 Å². The molecule has 0 heterocycles. The van der Waals surface area contributed by atoms with Crippen molar-refractivity contribution in [3.63, 3.8) is 0 Å². The van der Waals surface area contributed by atoms with Gasteiger partial charge in [0.05, 0.1) is 12.5 Å². The molecular weight excluding hydrogens is 348 g/mol. The van der Waals surface area contributed by atoms with Gasteiger partial charge < -0.3 is 14.6 Å². The van der Waals surface area contributed by atoms with E-state index in [1.54, 1.807) is 24.3 Å². The number of ether oxygens (including phenoxy) is 1. The Morgan fingerprint density at radius 3 is 2.37 bits per heavy atom. The number of hydrazine groups is 1. The maximum atomic E-state index is 12.4. The first kappa shape index (κ1) is 18.9. The zero-order valence-corrected chi connectivity index (χ0v) is 15.1. The van der Waals surface area contributed by atoms with E-state index in [0.29, 0.717) is 24.3 Å². The molecule has 144 valence electrons. The average Bonchev–Trinajstić information content (AvgIpc) is 3.28. The molecule has 1 aromatic rings. The first-order valence-corrected chi connectivity index (χ1v) is 9.23. The summed E-state index contributed by atoms with van der Waals surface area (Å²) < 4.78 is 5.54. The molecular formula is C20H23N2O5-. The van der Waals surface area contributed by atoms with Crippen molar-refractivity contribution in [2.24, 2.45) is 23.7 Å². The Bertz CT molecular complexity index is 743. The normalized spacial score (nSPS) is 25.2. The van der Waals surface area contributed by atoms with Crippen LogP contribution in [0.1, 0.15) is 36.5 Å². The predicted octanol–water partition coefficient (Wildman–Crippen LogP) is 0.815. The van der Waals surface area contributed by atoms with Crippen LogP contribution in [0.3, 0.4) is 0 Å². The van der Waals surface area contributed by atoms with Gasteiger partial charge in [0.1, 0.15) is 5.75 Å². The number of carbonyl (C=O) groups is 3. The molecule has 2 aliphatic rings. The fourth-order valence-corrected chi connectivity index (χ4v) is 3.81. The SMILES string of the molecule is CCCCOc1ccc(C(=O)NNC(=O)[C@@H]2[C@@H](C(=O)[O-])[C@H]3C=C[C@@H]2C3)cc1. The van der Waals surface area contributed by atoms with Crippen LogP contribution in [-0.4, -0.2) is 24.4 Å². The Balaban J connectivity index is 1.53. The molecule has 0 aliphatic heterocycles. The van der Waals surface area contributed by atoms with E-state index in [1.807, 2.05) is 12.2 Å². The topological polar surface area (TPSA) is 108 Å². The maximum Gasteiger partial charge on any atom is 0.269 e. The third kappa shape index (κ3) is 4.13. The van der Waals surface area contributed by atoms with E-state index >= 15 is 0 Å². The minimum Gasteiger partial charge on any atom is -0.550 e. The van der Waals surface area contributed by atoms with Crippen molar-refractivity contribution in [3.8, 4) is 5.75 Å². The van der Waals surface area contributed by atoms with Crippen LogP contribution in [0.15, 0.2) is 36.4 Å². The minimum atomic E-state index is -1.23. The van der Waals surface area contributed by atoms with Gasteiger partial charge in [-0.1, -0.05) is 25.5 Å². The van der Waals surface area contributed by atoms with Gasteiger partial charge in [0, 0.05) is 17.5 Å². The molecule has 0 aromatic heterocycles. The molecule has 0 radical (unpaired) electrons. The predicted molar refractivity (Wildman–Crippen MR) is 95.2 cm³/mol. The highest BCUT2D eigenvalue weighted by atomic mass is 16.5. The Hall–Kier alpha value is -2.83. The molecule has 0 unspecified atom stereocenters. The lowest BCUT2D eigenvalue weighted by molar-refractivity contribution is -0.313. The second kappa shape index (κ2) is 8.24. The molecule has 4 atom stereocenters. The Kier molecular flexibility index (Phi) is 5.78. The summed E-state index contributed by atoms with van der Waals surface area (Å²) in [6, 6.07) is 6.60. The summed E-state index contributed by atoms with van der Waals surface area (Å²) in [5.74, 6) is -3.41. The Morgan fingerprint density at radius 1 is 1.07 bits per heavy atom. The van der Waals surface area contributed by atoms with Crippen molar-refractivity contribution in [2.75, 3.05) is 6.61 Å². The summed E-state index contributed by atoms with van der Waals surface area (Å²) in [5.41, 5.74) is 5.07. The van der Waals surface area contributed by atoms with Crippen molar-refractivity contribution in [1.29, 1.82) is 0 Å². The van der Waals surface area contributed by atoms with Crippen LogP contribution in [0.5, 0.6) is 5.75 Å². The van der Waals surface area contributed by atoms with Crippen LogP contribution in [0, 0.1) is 23.7 Å². The number of amides is 2. The van der Waals surface area contributed by atoms with Gasteiger partial charge in [-0.3, -0.25) is 20.4 Å². The van der Waals surface area contributed by atoms with Gasteiger partial charge in [-0.25, -0.2) is 0 Å². The van der Waals surface area contributed by atoms with Gasteiger partial charge in [-0.15, -0.1) is 0 Å². The molecule has 2 aliphatic carbocycles. The van der Waals surface area contributed by atoms with Gasteiger partial charge in [-0.05, 0) is 48.9 Å². The summed E-state index contributed by atoms with van der Waals surface area (Å²) in [6.07, 6.45) is 6.33. The molecule has 3 rings (SSSR count). The zero-order chi connectivity index (χ0) is 19.4. The van der Waals surface area contributed by atoms with Crippen molar-refractivity contribution in [2.45, 2.75) is 26.2 Å². The number of aliphatic carboxylic acids is 1. The van der Waals surface area contributed by atoms with Crippen LogP contribution in [-0.2, 0) is 9.59 Å². The third-order valence-electron chi connectivity index (χ3n) is 5.22. The Morgan fingerprint density at radius 2 is 1.74 bits per heavy atom. The number of fused-ring (bicyclic) bond motifs is 2. The highest BCUT2D eigenvalue weighted by Crippen LogP contribution is 2.47. The van der Waals surface area contributed by atoms with Crippen LogP contribution < -0.4 is 20.7 Å². The number of carboxylic acids is 1. The fraction of sp³-hybridized carbons (Fsp3) is 0.450. The smallest absolute Gasteiger partial charge is 0.269 e. The monoisotopic (exact) mass is 371 g/mol. The lowest BCUT2D eigenvalue weighted by atomic mass is 9.82. The zero-order valence-electron chi connectivity index (χ0n) is 15.1. The molecule has 1 fully saturated rings. The van der Waals surface area contributed by atoms with Crippen molar-refractivity contribution in [1.82, 2.24) is 10.9 Å². The first-order chi connectivity index (χ1) is 13.0. The molecule has 2 N–H and O–H groups in total. The standard InChI is InChI=1S/C20H24N2O5/c1-2-3-10-27-15-8-6-12(7-9-15)18(23)21-22-19(24)16-13-4-5-14(11-13)17(16)20(25)26/h4-9,13-14,16-17H,2-3,10-11H2,1H3,(H,21,23)(H,22,24)(H,25,26)/p-1/t13-,14+,16+,17+/m1/s1. The van der Waals surface area contributed by atoms with E-state index in [9.17, 15) is 19.5 Å². The van der Waals surface area contributed by atoms with Gasteiger partial charge in [0.25, 0.3) is 5.91 Å². The van der Waals surface area contributed by atoms with Crippen molar-refractivity contribution in [3.05, 3.63) is 42.0 Å². The van der Waals surface area contributed by atoms with E-state index < -0.39 is 29.6 Å². The van der Waals surface area contributed by atoms with Crippen molar-refractivity contribution >= 4 is 17.8 Å². The number of allylic oxidation sites excluding steroid dienone is 2. The number of unbranched alkanes of at least 4 members (excludes halogenated alkanes) is 1. The number of benzene rings is 1. The van der Waals surface area contributed by atoms with Gasteiger partial charge >= 0.3 is 0 Å². The van der Waals surface area contributed by atoms with Gasteiger partial charge in [0.15, 0.2) is 0 Å². The molecule has 7 nitrogen and oxygen atoms in total. The molecule has 0 saturated heterocycles. The van der Waals surface area contributed by atoms with E-state index in [2.05, 4.69) is 17.8 Å². The summed E-state index contributed by atoms with van der Waals surface area (Å²) in [6.45, 7) is 2.70. The average molecular weight is 371 g/mol. The minimum absolute atomic E-state index is 0.130. The largest absolute Gasteiger partial charge is 0.550 e. The lowest BCUT2D eigenvalue weighted by Crippen LogP contribution is -2.50. The van der Waals surface area contributed by atoms with Gasteiger partial charge in [-0.2, -0.15) is 0 Å². The second-order valence-electron chi connectivity index (χ2n) is 6.99. The molecule has 1 saturated carbocycles. The van der Waals surface area contributed by atoms with E-state index in [4.69, 9.17) is 4.74 Å². The summed E-state index contributed by atoms with van der Waals surface area (Å²) in [5, 5.41) is 11.4. The van der Waals surface area contributed by atoms with Crippen LogP contribution in [0.2, 0.25) is 0 Å². The number of hydrogen-bond acceptors (Lipinski definition) is 5. The molecule has 2 amide bonds. The molecule has 1 aromatic carbocycles. The second-order valence-corrected chi connectivity index (χ2v) is 6.99. The van der Waals surface area contributed by atoms with E-state index in [0.717, 1.165) is 12.8 Å². The highest BCUT2D eigenvalue weighted by Gasteiger charge is 2.48. The van der Waals surface area contributed by atoms with Gasteiger partial charge in [0.2, 0.25) is 5.91 Å². The third-order valence-corrected chi connectivity index (χ3v) is 5.22. The Labute approximate surface area is 157 Å². The van der Waals surface area contributed by atoms with Crippen LogP contribution >= 0.6 is 0 Å². The fourth-order valence-electron chi connectivity index (χ4n) is 3.81. The lowest BCUT2D eigenvalue weighted by Gasteiger charge is -2.27. The maximum absolute atomic E-state index is 12.4. The molecule has 2 bridgehead atoms. The highest BCUT2D eigenvalue weighted by molar-refractivity contribution is 5.96. The number of hydrogen-bond donors (Lipinski definition) is 2. The van der Waals surface area contributed by atoms with Crippen LogP contribution in [0.4, 0.5) is 0 Å². The number of rotatable bonds is 7. The molecule has 7 heteroatoms. The summed E-state index contributed by atoms with van der Waals surface area (Å²) >= 11 is 0. The quantitative estimate of drug-likeness (QED) is 0.419. The molecule has 0 spiro atoms. The first-order valence-electron chi connectivity index (χ1n) is 9.23. The summed E-state index contributed by atoms with van der Waals surface area (Å²) in [7, 11) is 0. The van der Waals surface area contributed by atoms with Crippen LogP contribution in [0.25, 0.3) is 0 Å². The summed E-state index contributed by atoms with van der Waals surface area (Å²) in [4.78, 5) is 36.0. The van der Waals surface area contributed by atoms with E-state index in [1.165, 1.54) is 0 Å². The molecule has 27 heavy (non-hydrogen) atoms. The van der Waals surface area contributed by atoms with E-state index in [-0.39, 0.29) is 11.8 Å². The number of carbonyl (C=O) groups excluding carboxylic acids is 3.